The molecule has 0 radical (unpaired) electrons. The van der Waals surface area contributed by atoms with Gasteiger partial charge in [-0.15, -0.1) is 0 Å². The second kappa shape index (κ2) is 3.90. The zero-order chi connectivity index (χ0) is 7.23. The first-order valence-corrected chi connectivity index (χ1v) is 3.33. The van der Waals surface area contributed by atoms with Crippen molar-refractivity contribution in [1.29, 1.82) is 0 Å². The predicted octanol–water partition coefficient (Wildman–Crippen LogP) is 0.926. The van der Waals surface area contributed by atoms with Gasteiger partial charge in [-0.1, -0.05) is 12.2 Å². The highest BCUT2D eigenvalue weighted by Crippen LogP contribution is 1.98. The molecule has 0 amide bonds. The van der Waals surface area contributed by atoms with Crippen LogP contribution in [0.1, 0.15) is 6.42 Å². The quantitative estimate of drug-likeness (QED) is 0.593. The molecule has 2 N–H and O–H groups in total. The van der Waals surface area contributed by atoms with Gasteiger partial charge in [-0.2, -0.15) is 0 Å². The molecule has 0 saturated carbocycles. The van der Waals surface area contributed by atoms with Crippen LogP contribution >= 0.6 is 0 Å². The molecule has 0 unspecified atom stereocenters. The number of aliphatic hydroxyl groups is 1. The molecule has 0 aromatic rings. The summed E-state index contributed by atoms with van der Waals surface area (Å²) in [6.07, 6.45) is 10.3. The molecule has 1 heterocycles. The first-order chi connectivity index (χ1) is 4.93. The highest BCUT2D eigenvalue weighted by molar-refractivity contribution is 5.20. The van der Waals surface area contributed by atoms with Gasteiger partial charge in [0.05, 0.1) is 0 Å². The molecule has 0 atom stereocenters. The maximum absolute atomic E-state index is 8.58. The Balaban J connectivity index is 2.50. The minimum atomic E-state index is 0.195. The van der Waals surface area contributed by atoms with Crippen molar-refractivity contribution in [2.75, 3.05) is 6.61 Å². The first kappa shape index (κ1) is 7.09. The van der Waals surface area contributed by atoms with E-state index in [0.717, 1.165) is 5.70 Å². The Labute approximate surface area is 60.6 Å². The van der Waals surface area contributed by atoms with E-state index in [9.17, 15) is 0 Å². The molecule has 2 nitrogen and oxygen atoms in total. The van der Waals surface area contributed by atoms with Crippen LogP contribution in [-0.4, -0.2) is 11.7 Å². The number of allylic oxidation sites excluding steroid dienone is 4. The third kappa shape index (κ3) is 2.07. The summed E-state index contributed by atoms with van der Waals surface area (Å²) in [6.45, 7) is 0.195. The predicted molar refractivity (Wildman–Crippen MR) is 41.2 cm³/mol. The minimum Gasteiger partial charge on any atom is -0.396 e. The Morgan fingerprint density at radius 1 is 1.30 bits per heavy atom. The molecule has 0 bridgehead atoms. The fourth-order valence-corrected chi connectivity index (χ4v) is 0.771. The Morgan fingerprint density at radius 2 is 2.20 bits per heavy atom. The monoisotopic (exact) mass is 137 g/mol. The summed E-state index contributed by atoms with van der Waals surface area (Å²) < 4.78 is 0. The van der Waals surface area contributed by atoms with Crippen molar-refractivity contribution in [3.05, 3.63) is 36.2 Å². The lowest BCUT2D eigenvalue weighted by atomic mass is 10.3. The van der Waals surface area contributed by atoms with Gasteiger partial charge in [0.1, 0.15) is 0 Å². The zero-order valence-corrected chi connectivity index (χ0v) is 5.75. The van der Waals surface area contributed by atoms with E-state index < -0.39 is 0 Å². The second-order valence-electron chi connectivity index (χ2n) is 2.05. The van der Waals surface area contributed by atoms with Crippen LogP contribution < -0.4 is 5.32 Å². The van der Waals surface area contributed by atoms with Crippen molar-refractivity contribution in [3.63, 3.8) is 0 Å². The van der Waals surface area contributed by atoms with Crippen molar-refractivity contribution in [2.45, 2.75) is 6.42 Å². The Morgan fingerprint density at radius 3 is 3.00 bits per heavy atom. The minimum absolute atomic E-state index is 0.195. The molecule has 1 rings (SSSR count). The lowest BCUT2D eigenvalue weighted by molar-refractivity contribution is 0.297. The van der Waals surface area contributed by atoms with Gasteiger partial charge >= 0.3 is 0 Å². The normalized spacial score (nSPS) is 15.9. The van der Waals surface area contributed by atoms with Gasteiger partial charge in [0.25, 0.3) is 0 Å². The van der Waals surface area contributed by atoms with Crippen LogP contribution in [0.15, 0.2) is 36.2 Å². The lowest BCUT2D eigenvalue weighted by Gasteiger charge is -2.01. The van der Waals surface area contributed by atoms with Crippen molar-refractivity contribution in [1.82, 2.24) is 5.32 Å². The molecular weight excluding hydrogens is 126 g/mol. The third-order valence-electron chi connectivity index (χ3n) is 1.27. The van der Waals surface area contributed by atoms with Gasteiger partial charge in [0.2, 0.25) is 0 Å². The summed E-state index contributed by atoms with van der Waals surface area (Å²) in [7, 11) is 0. The van der Waals surface area contributed by atoms with E-state index in [4.69, 9.17) is 5.11 Å². The lowest BCUT2D eigenvalue weighted by Crippen LogP contribution is -2.05. The van der Waals surface area contributed by atoms with Crippen molar-refractivity contribution < 1.29 is 5.11 Å². The average Bonchev–Trinajstić information content (AvgIpc) is 2.17. The molecule has 0 aliphatic carbocycles. The van der Waals surface area contributed by atoms with Crippen molar-refractivity contribution >= 4 is 0 Å². The zero-order valence-electron chi connectivity index (χ0n) is 5.75. The summed E-state index contributed by atoms with van der Waals surface area (Å²) in [4.78, 5) is 0. The molecule has 1 aliphatic rings. The standard InChI is InChI=1S/C8H11NO/c10-7-5-8-4-2-1-3-6-9-8/h1-4,6,9-10H,5,7H2. The molecule has 1 aliphatic heterocycles. The molecule has 0 aromatic heterocycles. The Kier molecular flexibility index (Phi) is 2.77. The number of hydrogen-bond acceptors (Lipinski definition) is 2. The first-order valence-electron chi connectivity index (χ1n) is 3.33. The van der Waals surface area contributed by atoms with Crippen molar-refractivity contribution in [2.24, 2.45) is 0 Å². The number of aliphatic hydroxyl groups excluding tert-OH is 1. The van der Waals surface area contributed by atoms with Crippen molar-refractivity contribution in [3.8, 4) is 0 Å². The van der Waals surface area contributed by atoms with Crippen LogP contribution in [0, 0.1) is 0 Å². The van der Waals surface area contributed by atoms with Gasteiger partial charge in [-0.3, -0.25) is 0 Å². The maximum Gasteiger partial charge on any atom is 0.0485 e. The highest BCUT2D eigenvalue weighted by Gasteiger charge is 1.91. The molecule has 0 aromatic carbocycles. The number of hydrogen-bond donors (Lipinski definition) is 2. The van der Waals surface area contributed by atoms with E-state index in [0.29, 0.717) is 6.42 Å². The molecule has 10 heavy (non-hydrogen) atoms. The molecule has 0 fully saturated rings. The van der Waals surface area contributed by atoms with E-state index >= 15 is 0 Å². The fraction of sp³-hybridized carbons (Fsp3) is 0.250. The van der Waals surface area contributed by atoms with Crippen LogP contribution in [0.2, 0.25) is 0 Å². The van der Waals surface area contributed by atoms with E-state index in [1.807, 2.05) is 30.5 Å². The molecule has 0 spiro atoms. The van der Waals surface area contributed by atoms with E-state index in [1.165, 1.54) is 0 Å². The van der Waals surface area contributed by atoms with Gasteiger partial charge in [0, 0.05) is 24.9 Å². The highest BCUT2D eigenvalue weighted by atomic mass is 16.3. The molecule has 54 valence electrons. The topological polar surface area (TPSA) is 32.3 Å². The SMILES string of the molecule is OCCC1=CC=CC=CN1. The Hall–Kier alpha value is -1.02. The molecule has 0 saturated heterocycles. The third-order valence-corrected chi connectivity index (χ3v) is 1.27. The Bertz CT molecular complexity index is 180. The summed E-state index contributed by atoms with van der Waals surface area (Å²) in [5.41, 5.74) is 1.05. The van der Waals surface area contributed by atoms with Crippen LogP contribution in [0.5, 0.6) is 0 Å². The molecular formula is C8H11NO. The smallest absolute Gasteiger partial charge is 0.0485 e. The summed E-state index contributed by atoms with van der Waals surface area (Å²) >= 11 is 0. The van der Waals surface area contributed by atoms with Crippen LogP contribution in [-0.2, 0) is 0 Å². The summed E-state index contributed by atoms with van der Waals surface area (Å²) in [5.74, 6) is 0. The number of nitrogens with one attached hydrogen (secondary N) is 1. The van der Waals surface area contributed by atoms with Gasteiger partial charge in [-0.05, 0) is 12.2 Å². The van der Waals surface area contributed by atoms with Crippen LogP contribution in [0.4, 0.5) is 0 Å². The van der Waals surface area contributed by atoms with Gasteiger partial charge in [0.15, 0.2) is 0 Å². The van der Waals surface area contributed by atoms with Gasteiger partial charge in [-0.25, -0.2) is 0 Å². The number of rotatable bonds is 2. The summed E-state index contributed by atoms with van der Waals surface area (Å²) in [5, 5.41) is 11.6. The van der Waals surface area contributed by atoms with Gasteiger partial charge < -0.3 is 10.4 Å². The van der Waals surface area contributed by atoms with E-state index in [1.54, 1.807) is 0 Å². The van der Waals surface area contributed by atoms with E-state index in [2.05, 4.69) is 5.32 Å². The van der Waals surface area contributed by atoms with Crippen LogP contribution in [0.3, 0.4) is 0 Å². The van der Waals surface area contributed by atoms with E-state index in [-0.39, 0.29) is 6.61 Å². The summed E-state index contributed by atoms with van der Waals surface area (Å²) in [6, 6.07) is 0. The second-order valence-corrected chi connectivity index (χ2v) is 2.05. The maximum atomic E-state index is 8.58. The van der Waals surface area contributed by atoms with Crippen LogP contribution in [0.25, 0.3) is 0 Å². The largest absolute Gasteiger partial charge is 0.396 e. The fourth-order valence-electron chi connectivity index (χ4n) is 0.771. The molecule has 2 heteroatoms. The average molecular weight is 137 g/mol.